The maximum atomic E-state index is 13.8. The monoisotopic (exact) mass is 527 g/mol. The number of esters is 1. The second-order valence-electron chi connectivity index (χ2n) is 8.75. The number of nitrogens with one attached hydrogen (secondary N) is 2. The Morgan fingerprint density at radius 3 is 2.41 bits per heavy atom. The van der Waals surface area contributed by atoms with Gasteiger partial charge in [0.05, 0.1) is 50.7 Å². The first kappa shape index (κ1) is 24.6. The summed E-state index contributed by atoms with van der Waals surface area (Å²) in [5, 5.41) is 12.0. The van der Waals surface area contributed by atoms with Crippen molar-refractivity contribution < 1.29 is 33.6 Å². The van der Waals surface area contributed by atoms with Crippen LogP contribution in [0, 0.1) is 6.92 Å². The molecule has 0 bridgehead atoms. The molecule has 37 heavy (non-hydrogen) atoms. The summed E-state index contributed by atoms with van der Waals surface area (Å²) in [7, 11) is 5.83. The van der Waals surface area contributed by atoms with Gasteiger partial charge in [-0.1, -0.05) is 0 Å². The van der Waals surface area contributed by atoms with Crippen LogP contribution in [-0.4, -0.2) is 67.8 Å². The van der Waals surface area contributed by atoms with Crippen LogP contribution in [-0.2, 0) is 4.74 Å². The molecule has 1 aliphatic heterocycles. The third-order valence-electron chi connectivity index (χ3n) is 6.84. The van der Waals surface area contributed by atoms with Crippen molar-refractivity contribution in [2.24, 2.45) is 0 Å². The van der Waals surface area contributed by atoms with Crippen molar-refractivity contribution >= 4 is 51.0 Å². The number of phenols is 1. The van der Waals surface area contributed by atoms with Crippen LogP contribution < -0.4 is 19.1 Å². The number of hydrogen-bond donors (Lipinski definition) is 3. The maximum absolute atomic E-state index is 13.8. The molecule has 194 valence electrons. The Kier molecular flexibility index (Phi) is 6.07. The zero-order chi connectivity index (χ0) is 26.6. The number of carbonyl (C=O) groups is 2. The number of anilines is 1. The summed E-state index contributed by atoms with van der Waals surface area (Å²) in [5.41, 5.74) is 3.31. The van der Waals surface area contributed by atoms with E-state index in [1.54, 1.807) is 24.0 Å². The van der Waals surface area contributed by atoms with E-state index < -0.39 is 5.97 Å². The van der Waals surface area contributed by atoms with Gasteiger partial charge in [-0.15, -0.1) is 11.6 Å². The SMILES string of the molecule is COC(=O)c1c(C)[nH]c2c(O)cc3c(c12)[C@H](CCl)CN3C(=O)c1cc2cc(OC)c(OC)c(OC)c2[nH]1. The number of phenolic OH excluding ortho intramolecular Hbond substituents is 1. The fourth-order valence-electron chi connectivity index (χ4n) is 5.22. The number of halogens is 1. The van der Waals surface area contributed by atoms with Crippen molar-refractivity contribution in [2.75, 3.05) is 45.8 Å². The number of benzene rings is 2. The number of amides is 1. The lowest BCUT2D eigenvalue weighted by Gasteiger charge is -2.17. The van der Waals surface area contributed by atoms with Crippen molar-refractivity contribution in [1.29, 1.82) is 0 Å². The first-order chi connectivity index (χ1) is 17.8. The molecule has 0 aliphatic carbocycles. The van der Waals surface area contributed by atoms with Gasteiger partial charge in [0.25, 0.3) is 5.91 Å². The number of nitrogens with zero attached hydrogens (tertiary/aromatic N) is 1. The fourth-order valence-corrected chi connectivity index (χ4v) is 5.47. The lowest BCUT2D eigenvalue weighted by Crippen LogP contribution is -2.30. The number of methoxy groups -OCH3 is 4. The molecule has 4 aromatic rings. The van der Waals surface area contributed by atoms with Crippen LogP contribution >= 0.6 is 11.6 Å². The highest BCUT2D eigenvalue weighted by Crippen LogP contribution is 2.48. The number of rotatable bonds is 6. The summed E-state index contributed by atoms with van der Waals surface area (Å²) in [5.74, 6) is 0.226. The van der Waals surface area contributed by atoms with Crippen molar-refractivity contribution in [3.05, 3.63) is 40.7 Å². The molecule has 1 amide bonds. The average molecular weight is 528 g/mol. The van der Waals surface area contributed by atoms with Gasteiger partial charge in [0.1, 0.15) is 11.4 Å². The number of aryl methyl sites for hydroxylation is 1. The molecule has 0 saturated heterocycles. The minimum absolute atomic E-state index is 0.0900. The molecule has 2 aromatic heterocycles. The predicted octanol–water partition coefficient (Wildman–Crippen LogP) is 4.46. The van der Waals surface area contributed by atoms with Crippen LogP contribution in [0.4, 0.5) is 5.69 Å². The summed E-state index contributed by atoms with van der Waals surface area (Å²) < 4.78 is 21.4. The molecule has 3 heterocycles. The predicted molar refractivity (Wildman–Crippen MR) is 139 cm³/mol. The van der Waals surface area contributed by atoms with Crippen LogP contribution in [0.15, 0.2) is 18.2 Å². The van der Waals surface area contributed by atoms with E-state index in [1.807, 2.05) is 0 Å². The summed E-state index contributed by atoms with van der Waals surface area (Å²) in [6.45, 7) is 1.99. The van der Waals surface area contributed by atoms with Gasteiger partial charge in [-0.3, -0.25) is 4.79 Å². The normalized spacial score (nSPS) is 14.8. The van der Waals surface area contributed by atoms with Gasteiger partial charge < -0.3 is 38.9 Å². The topological polar surface area (TPSA) is 126 Å². The van der Waals surface area contributed by atoms with Crippen LogP contribution in [0.3, 0.4) is 0 Å². The van der Waals surface area contributed by atoms with Crippen LogP contribution in [0.2, 0.25) is 0 Å². The van der Waals surface area contributed by atoms with Gasteiger partial charge in [-0.05, 0) is 24.6 Å². The number of carbonyl (C=O) groups excluding carboxylic acids is 2. The van der Waals surface area contributed by atoms with Gasteiger partial charge in [0.2, 0.25) is 5.75 Å². The Hall–Kier alpha value is -4.05. The number of H-pyrrole nitrogens is 2. The van der Waals surface area contributed by atoms with Gasteiger partial charge in [0.15, 0.2) is 11.5 Å². The number of aromatic amines is 2. The molecule has 11 heteroatoms. The highest BCUT2D eigenvalue weighted by Gasteiger charge is 2.38. The highest BCUT2D eigenvalue weighted by molar-refractivity contribution is 6.20. The molecule has 10 nitrogen and oxygen atoms in total. The smallest absolute Gasteiger partial charge is 0.340 e. The molecule has 0 fully saturated rings. The van der Waals surface area contributed by atoms with E-state index >= 15 is 0 Å². The first-order valence-corrected chi connectivity index (χ1v) is 12.0. The lowest BCUT2D eigenvalue weighted by molar-refractivity contribution is 0.0602. The molecule has 0 unspecified atom stereocenters. The van der Waals surface area contributed by atoms with Gasteiger partial charge in [-0.2, -0.15) is 0 Å². The Balaban J connectivity index is 1.68. The third-order valence-corrected chi connectivity index (χ3v) is 7.21. The molecule has 0 spiro atoms. The molecular weight excluding hydrogens is 502 g/mol. The van der Waals surface area contributed by atoms with E-state index in [4.69, 9.17) is 30.5 Å². The zero-order valence-electron chi connectivity index (χ0n) is 20.9. The second kappa shape index (κ2) is 9.11. The minimum Gasteiger partial charge on any atom is -0.506 e. The number of ether oxygens (including phenoxy) is 4. The van der Waals surface area contributed by atoms with Crippen molar-refractivity contribution in [2.45, 2.75) is 12.8 Å². The lowest BCUT2D eigenvalue weighted by atomic mass is 9.95. The third kappa shape index (κ3) is 3.54. The highest BCUT2D eigenvalue weighted by atomic mass is 35.5. The minimum atomic E-state index is -0.541. The van der Waals surface area contributed by atoms with Gasteiger partial charge in [0, 0.05) is 40.9 Å². The van der Waals surface area contributed by atoms with Crippen LogP contribution in [0.5, 0.6) is 23.0 Å². The second-order valence-corrected chi connectivity index (χ2v) is 9.06. The summed E-state index contributed by atoms with van der Waals surface area (Å²) in [4.78, 5) is 34.3. The summed E-state index contributed by atoms with van der Waals surface area (Å²) >= 11 is 6.36. The standard InChI is InChI=1S/C26H26ClN3O7/c1-11-18(26(33)37-5)20-19-13(9-27)10-30(15(19)8-16(31)22(20)28-11)25(32)14-6-12-7-17(34-2)23(35-3)24(36-4)21(12)29-14/h6-8,13,28-29,31H,9-10H2,1-5H3/t13-/m1/s1. The van der Waals surface area contributed by atoms with Crippen LogP contribution in [0.1, 0.15) is 38.0 Å². The number of fused-ring (bicyclic) bond motifs is 4. The van der Waals surface area contributed by atoms with E-state index in [-0.39, 0.29) is 30.0 Å². The number of alkyl halides is 1. The fraction of sp³-hybridized carbons (Fsp3) is 0.308. The molecule has 0 saturated carbocycles. The Labute approximate surface area is 217 Å². The number of hydrogen-bond acceptors (Lipinski definition) is 7. The quantitative estimate of drug-likeness (QED) is 0.249. The average Bonchev–Trinajstić information content (AvgIpc) is 3.59. The zero-order valence-corrected chi connectivity index (χ0v) is 21.7. The van der Waals surface area contributed by atoms with Crippen molar-refractivity contribution in [3.8, 4) is 23.0 Å². The molecule has 2 aromatic carbocycles. The van der Waals surface area contributed by atoms with Crippen molar-refractivity contribution in [1.82, 2.24) is 9.97 Å². The molecule has 5 rings (SSSR count). The van der Waals surface area contributed by atoms with E-state index in [2.05, 4.69) is 9.97 Å². The largest absolute Gasteiger partial charge is 0.506 e. The summed E-state index contributed by atoms with van der Waals surface area (Å²) in [6.07, 6.45) is 0. The maximum Gasteiger partial charge on any atom is 0.340 e. The van der Waals surface area contributed by atoms with E-state index in [0.29, 0.717) is 67.3 Å². The van der Waals surface area contributed by atoms with Gasteiger partial charge in [-0.25, -0.2) is 4.79 Å². The molecule has 1 aliphatic rings. The molecule has 1 atom stereocenters. The molecular formula is C26H26ClN3O7. The Bertz CT molecular complexity index is 1570. The van der Waals surface area contributed by atoms with Crippen LogP contribution in [0.25, 0.3) is 21.8 Å². The Morgan fingerprint density at radius 2 is 1.78 bits per heavy atom. The van der Waals surface area contributed by atoms with E-state index in [9.17, 15) is 14.7 Å². The van der Waals surface area contributed by atoms with Crippen molar-refractivity contribution in [3.63, 3.8) is 0 Å². The number of aromatic nitrogens is 2. The summed E-state index contributed by atoms with van der Waals surface area (Å²) in [6, 6.07) is 4.98. The number of aromatic hydroxyl groups is 1. The van der Waals surface area contributed by atoms with Gasteiger partial charge >= 0.3 is 5.97 Å². The molecule has 3 N–H and O–H groups in total. The Morgan fingerprint density at radius 1 is 1.05 bits per heavy atom. The molecule has 0 radical (unpaired) electrons. The first-order valence-electron chi connectivity index (χ1n) is 11.4. The van der Waals surface area contributed by atoms with E-state index in [1.165, 1.54) is 34.5 Å². The van der Waals surface area contributed by atoms with E-state index in [0.717, 1.165) is 0 Å².